The average Bonchev–Trinajstić information content (AvgIpc) is 2.72. The summed E-state index contributed by atoms with van der Waals surface area (Å²) in [6.07, 6.45) is 0. The van der Waals surface area contributed by atoms with Gasteiger partial charge in [0.05, 0.1) is 5.69 Å². The normalized spacial score (nSPS) is 11.7. The van der Waals surface area contributed by atoms with Gasteiger partial charge >= 0.3 is 0 Å². The molecule has 0 aromatic carbocycles. The summed E-state index contributed by atoms with van der Waals surface area (Å²) in [4.78, 5) is 13.8. The largest absolute Gasteiger partial charge is 0.319 e. The number of halogens is 1. The Morgan fingerprint density at radius 2 is 2.11 bits per heavy atom. The Hall–Kier alpha value is -1.67. The molecule has 0 atom stereocenters. The minimum atomic E-state index is -3.97. The quantitative estimate of drug-likeness (QED) is 0.833. The number of hydrogen-bond acceptors (Lipinski definition) is 5. The molecule has 2 aromatic rings. The summed E-state index contributed by atoms with van der Waals surface area (Å²) in [6, 6.07) is 4.48. The lowest BCUT2D eigenvalue weighted by molar-refractivity contribution is 0.582. The van der Waals surface area contributed by atoms with Crippen molar-refractivity contribution in [1.82, 2.24) is 19.7 Å². The van der Waals surface area contributed by atoms with E-state index in [9.17, 15) is 13.2 Å². The van der Waals surface area contributed by atoms with Crippen LogP contribution < -0.4 is 5.56 Å². The minimum absolute atomic E-state index is 0.245. The number of rotatable bonds is 3. The lowest BCUT2D eigenvalue weighted by Crippen LogP contribution is -2.09. The van der Waals surface area contributed by atoms with Crippen molar-refractivity contribution in [3.05, 3.63) is 28.6 Å². The van der Waals surface area contributed by atoms with Gasteiger partial charge in [0.2, 0.25) is 5.56 Å². The van der Waals surface area contributed by atoms with Crippen LogP contribution in [0.5, 0.6) is 0 Å². The fraction of sp³-hybridized carbons (Fsp3) is 0.222. The monoisotopic (exact) mass is 288 g/mol. The zero-order valence-electron chi connectivity index (χ0n) is 9.29. The van der Waals surface area contributed by atoms with Gasteiger partial charge in [0.15, 0.2) is 5.82 Å². The van der Waals surface area contributed by atoms with Crippen LogP contribution in [0.15, 0.2) is 28.2 Å². The first-order valence-electron chi connectivity index (χ1n) is 5.01. The number of H-pyrrole nitrogens is 1. The lowest BCUT2D eigenvalue weighted by Gasteiger charge is -2.04. The Morgan fingerprint density at radius 1 is 1.39 bits per heavy atom. The second-order valence-electron chi connectivity index (χ2n) is 3.42. The van der Waals surface area contributed by atoms with Gasteiger partial charge in [0, 0.05) is 23.3 Å². The minimum Gasteiger partial charge on any atom is -0.319 e. The van der Waals surface area contributed by atoms with Crippen molar-refractivity contribution in [3.8, 4) is 11.5 Å². The van der Waals surface area contributed by atoms with Gasteiger partial charge in [0.1, 0.15) is 0 Å². The molecule has 18 heavy (non-hydrogen) atoms. The highest BCUT2D eigenvalue weighted by molar-refractivity contribution is 8.13. The van der Waals surface area contributed by atoms with E-state index in [2.05, 4.69) is 15.2 Å². The molecule has 0 radical (unpaired) electrons. The molecule has 0 spiro atoms. The zero-order chi connectivity index (χ0) is 13.3. The second-order valence-corrected chi connectivity index (χ2v) is 5.88. The fourth-order valence-corrected chi connectivity index (χ4v) is 2.49. The Morgan fingerprint density at radius 3 is 2.67 bits per heavy atom. The molecule has 0 aliphatic carbocycles. The molecule has 1 N–H and O–H groups in total. The highest BCUT2D eigenvalue weighted by Crippen LogP contribution is 2.19. The predicted molar refractivity (Wildman–Crippen MR) is 64.8 cm³/mol. The Balaban J connectivity index is 2.67. The van der Waals surface area contributed by atoms with Crippen LogP contribution in [-0.4, -0.2) is 28.2 Å². The third-order valence-electron chi connectivity index (χ3n) is 2.26. The Bertz CT molecular complexity index is 734. The first-order valence-corrected chi connectivity index (χ1v) is 7.32. The third kappa shape index (κ3) is 2.29. The van der Waals surface area contributed by atoms with Gasteiger partial charge < -0.3 is 4.98 Å². The molecule has 9 heteroatoms. The van der Waals surface area contributed by atoms with Gasteiger partial charge in [-0.1, -0.05) is 6.07 Å². The zero-order valence-corrected chi connectivity index (χ0v) is 10.9. The smallest absolute Gasteiger partial charge is 0.296 e. The van der Waals surface area contributed by atoms with Crippen LogP contribution >= 0.6 is 10.7 Å². The summed E-state index contributed by atoms with van der Waals surface area (Å²) in [5, 5.41) is 6.94. The van der Waals surface area contributed by atoms with Crippen LogP contribution in [0.1, 0.15) is 6.92 Å². The van der Waals surface area contributed by atoms with E-state index in [0.29, 0.717) is 12.2 Å². The molecule has 0 unspecified atom stereocenters. The summed E-state index contributed by atoms with van der Waals surface area (Å²) >= 11 is 0. The Kier molecular flexibility index (Phi) is 3.22. The standard InChI is InChI=1S/C9H9ClN4O3S/c1-2-14-8(6-4-3-5-7(15)11-6)12-13-9(14)18(10,16)17/h3-5H,2H2,1H3,(H,11,15). The Labute approximate surface area is 107 Å². The second kappa shape index (κ2) is 4.54. The van der Waals surface area contributed by atoms with Crippen molar-refractivity contribution in [2.45, 2.75) is 18.6 Å². The molecular weight excluding hydrogens is 280 g/mol. The van der Waals surface area contributed by atoms with Gasteiger partial charge in [-0.15, -0.1) is 10.2 Å². The molecule has 0 saturated carbocycles. The van der Waals surface area contributed by atoms with Crippen LogP contribution in [0.4, 0.5) is 0 Å². The molecule has 0 aliphatic rings. The summed E-state index contributed by atoms with van der Waals surface area (Å²) in [5.74, 6) is 0.245. The van der Waals surface area contributed by atoms with E-state index in [1.54, 1.807) is 13.0 Å². The maximum atomic E-state index is 11.3. The van der Waals surface area contributed by atoms with Gasteiger partial charge in [0.25, 0.3) is 14.2 Å². The summed E-state index contributed by atoms with van der Waals surface area (Å²) < 4.78 is 23.9. The maximum absolute atomic E-state index is 11.3. The van der Waals surface area contributed by atoms with Crippen molar-refractivity contribution in [1.29, 1.82) is 0 Å². The number of nitrogens with one attached hydrogen (secondary N) is 1. The first-order chi connectivity index (χ1) is 8.43. The maximum Gasteiger partial charge on any atom is 0.296 e. The summed E-state index contributed by atoms with van der Waals surface area (Å²) in [6.45, 7) is 2.03. The molecule has 0 saturated heterocycles. The van der Waals surface area contributed by atoms with E-state index in [-0.39, 0.29) is 16.5 Å². The van der Waals surface area contributed by atoms with Crippen LogP contribution in [-0.2, 0) is 15.6 Å². The molecule has 0 bridgehead atoms. The van der Waals surface area contributed by atoms with Crippen molar-refractivity contribution >= 4 is 19.7 Å². The van der Waals surface area contributed by atoms with E-state index in [1.807, 2.05) is 0 Å². The van der Waals surface area contributed by atoms with Gasteiger partial charge in [-0.05, 0) is 13.0 Å². The van der Waals surface area contributed by atoms with Crippen molar-refractivity contribution in [2.75, 3.05) is 0 Å². The van der Waals surface area contributed by atoms with E-state index in [1.165, 1.54) is 16.7 Å². The molecule has 2 aromatic heterocycles. The van der Waals surface area contributed by atoms with Crippen molar-refractivity contribution in [3.63, 3.8) is 0 Å². The van der Waals surface area contributed by atoms with E-state index >= 15 is 0 Å². The molecule has 2 rings (SSSR count). The van der Waals surface area contributed by atoms with Crippen LogP contribution in [0.25, 0.3) is 11.5 Å². The van der Waals surface area contributed by atoms with E-state index in [0.717, 1.165) is 0 Å². The number of hydrogen-bond donors (Lipinski definition) is 1. The SMILES string of the molecule is CCn1c(-c2cccc(=O)[nH]2)nnc1S(=O)(=O)Cl. The molecule has 2 heterocycles. The van der Waals surface area contributed by atoms with E-state index < -0.39 is 9.05 Å². The van der Waals surface area contributed by atoms with Crippen molar-refractivity contribution in [2.24, 2.45) is 0 Å². The topological polar surface area (TPSA) is 97.7 Å². The molecule has 0 amide bonds. The first kappa shape index (κ1) is 12.8. The van der Waals surface area contributed by atoms with Crippen LogP contribution in [0.3, 0.4) is 0 Å². The lowest BCUT2D eigenvalue weighted by atomic mass is 10.3. The van der Waals surface area contributed by atoms with Crippen LogP contribution in [0, 0.1) is 0 Å². The number of pyridine rings is 1. The summed E-state index contributed by atoms with van der Waals surface area (Å²) in [7, 11) is 1.28. The summed E-state index contributed by atoms with van der Waals surface area (Å²) in [5.41, 5.74) is 0.0665. The third-order valence-corrected chi connectivity index (χ3v) is 3.41. The highest BCUT2D eigenvalue weighted by atomic mass is 35.7. The number of aromatic nitrogens is 4. The molecule has 7 nitrogen and oxygen atoms in total. The number of aromatic amines is 1. The van der Waals surface area contributed by atoms with Gasteiger partial charge in [-0.3, -0.25) is 9.36 Å². The molecule has 96 valence electrons. The van der Waals surface area contributed by atoms with E-state index in [4.69, 9.17) is 10.7 Å². The van der Waals surface area contributed by atoms with Gasteiger partial charge in [-0.25, -0.2) is 8.42 Å². The highest BCUT2D eigenvalue weighted by Gasteiger charge is 2.22. The average molecular weight is 289 g/mol. The fourth-order valence-electron chi connectivity index (χ4n) is 1.53. The molecule has 0 aliphatic heterocycles. The van der Waals surface area contributed by atoms with Gasteiger partial charge in [-0.2, -0.15) is 0 Å². The van der Waals surface area contributed by atoms with Crippen molar-refractivity contribution < 1.29 is 8.42 Å². The van der Waals surface area contributed by atoms with Crippen LogP contribution in [0.2, 0.25) is 0 Å². The molecule has 0 fully saturated rings. The predicted octanol–water partition coefficient (Wildman–Crippen LogP) is 0.581. The number of nitrogens with zero attached hydrogens (tertiary/aromatic N) is 3. The molecular formula is C9H9ClN4O3S.